The number of hydrogen-bond donors (Lipinski definition) is 6. The van der Waals surface area contributed by atoms with Crippen LogP contribution in [0.4, 0.5) is 0 Å². The average Bonchev–Trinajstić information content (AvgIpc) is 3.27. The number of esters is 2. The minimum absolute atomic E-state index is 0.0566. The first-order valence-electron chi connectivity index (χ1n) is 24.7. The number of carbonyl (C=O) groups is 2. The summed E-state index contributed by atoms with van der Waals surface area (Å²) in [6, 6.07) is 0. The van der Waals surface area contributed by atoms with E-state index in [9.17, 15) is 38.9 Å². The molecule has 0 bridgehead atoms. The highest BCUT2D eigenvalue weighted by Gasteiger charge is 2.28. The van der Waals surface area contributed by atoms with Crippen molar-refractivity contribution in [1.29, 1.82) is 0 Å². The van der Waals surface area contributed by atoms with Crippen LogP contribution < -0.4 is 0 Å². The van der Waals surface area contributed by atoms with E-state index in [2.05, 4.69) is 22.9 Å². The molecule has 1 unspecified atom stereocenters. The number of carbonyl (C=O) groups excluding carboxylic acids is 2. The third-order valence-electron chi connectivity index (χ3n) is 10.2. The fourth-order valence-electron chi connectivity index (χ4n) is 6.45. The van der Waals surface area contributed by atoms with Crippen molar-refractivity contribution >= 4 is 27.6 Å². The number of aliphatic hydroxyl groups excluding tert-OH is 3. The van der Waals surface area contributed by atoms with Crippen molar-refractivity contribution in [2.75, 3.05) is 26.4 Å². The van der Waals surface area contributed by atoms with Crippen LogP contribution in [0.1, 0.15) is 175 Å². The Morgan fingerprint density at radius 1 is 0.552 bits per heavy atom. The van der Waals surface area contributed by atoms with Crippen LogP contribution in [0.15, 0.2) is 72.9 Å². The number of phosphoric acid groups is 2. The second kappa shape index (κ2) is 43.5. The molecule has 0 aromatic heterocycles. The van der Waals surface area contributed by atoms with E-state index < -0.39 is 78.4 Å². The molecule has 0 radical (unpaired) electrons. The molecule has 5 atom stereocenters. The molecule has 0 fully saturated rings. The Kier molecular flexibility index (Phi) is 41.9. The van der Waals surface area contributed by atoms with Gasteiger partial charge in [-0.1, -0.05) is 196 Å². The maximum atomic E-state index is 12.7. The topological polar surface area (TPSA) is 236 Å². The Morgan fingerprint density at radius 3 is 1.64 bits per heavy atom. The van der Waals surface area contributed by atoms with Crippen molar-refractivity contribution in [1.82, 2.24) is 0 Å². The highest BCUT2D eigenvalue weighted by atomic mass is 31.2. The predicted octanol–water partition coefficient (Wildman–Crippen LogP) is 11.1. The first kappa shape index (κ1) is 64.5. The predicted molar refractivity (Wildman–Crippen MR) is 265 cm³/mol. The van der Waals surface area contributed by atoms with E-state index in [1.807, 2.05) is 43.4 Å². The van der Waals surface area contributed by atoms with Crippen molar-refractivity contribution in [3.8, 4) is 0 Å². The smallest absolute Gasteiger partial charge is 0.462 e. The van der Waals surface area contributed by atoms with Crippen molar-refractivity contribution < 1.29 is 71.8 Å². The second-order valence-corrected chi connectivity index (χ2v) is 19.9. The van der Waals surface area contributed by atoms with E-state index in [0.717, 1.165) is 31.6 Å². The fourth-order valence-corrected chi connectivity index (χ4v) is 7.61. The number of rotatable bonds is 45. The second-order valence-electron chi connectivity index (χ2n) is 17.2. The van der Waals surface area contributed by atoms with Crippen molar-refractivity contribution in [2.45, 2.75) is 199 Å². The van der Waals surface area contributed by atoms with Gasteiger partial charge < -0.3 is 39.5 Å². The molecular weight excluding hydrogens is 902 g/mol. The van der Waals surface area contributed by atoms with Gasteiger partial charge in [0.15, 0.2) is 6.10 Å². The molecule has 0 aliphatic carbocycles. The molecule has 0 amide bonds. The maximum Gasteiger partial charge on any atom is 0.472 e. The van der Waals surface area contributed by atoms with E-state index in [1.165, 1.54) is 83.5 Å². The Labute approximate surface area is 402 Å². The molecule has 17 heteroatoms. The van der Waals surface area contributed by atoms with Crippen LogP contribution in [-0.2, 0) is 41.8 Å². The monoisotopic (exact) mass is 991 g/mol. The Hall–Kier alpha value is -2.52. The molecule has 0 aromatic carbocycles. The van der Waals surface area contributed by atoms with Gasteiger partial charge in [0.1, 0.15) is 12.7 Å². The summed E-state index contributed by atoms with van der Waals surface area (Å²) in [6.07, 6.45) is 41.1. The van der Waals surface area contributed by atoms with Gasteiger partial charge in [-0.3, -0.25) is 23.2 Å². The zero-order chi connectivity index (χ0) is 49.9. The molecular formula is C50H88O15P2. The highest BCUT2D eigenvalue weighted by molar-refractivity contribution is 7.47. The van der Waals surface area contributed by atoms with Gasteiger partial charge in [-0.25, -0.2) is 9.13 Å². The van der Waals surface area contributed by atoms with Gasteiger partial charge in [0.25, 0.3) is 0 Å². The Bertz CT molecular complexity index is 1500. The van der Waals surface area contributed by atoms with Gasteiger partial charge in [-0.2, -0.15) is 0 Å². The van der Waals surface area contributed by atoms with Gasteiger partial charge in [-0.05, 0) is 44.4 Å². The average molecular weight is 991 g/mol. The quantitative estimate of drug-likeness (QED) is 0.0109. The molecule has 0 aromatic rings. The minimum atomic E-state index is -4.89. The fraction of sp³-hybridized carbons (Fsp3) is 0.720. The van der Waals surface area contributed by atoms with Gasteiger partial charge in [0.05, 0.1) is 32.0 Å². The summed E-state index contributed by atoms with van der Waals surface area (Å²) in [7, 11) is -9.76. The number of ether oxygens (including phenoxy) is 2. The summed E-state index contributed by atoms with van der Waals surface area (Å²) >= 11 is 0. The lowest BCUT2D eigenvalue weighted by atomic mass is 10.0. The zero-order valence-electron chi connectivity index (χ0n) is 40.9. The first-order chi connectivity index (χ1) is 32.0. The van der Waals surface area contributed by atoms with Crippen LogP contribution >= 0.6 is 15.6 Å². The summed E-state index contributed by atoms with van der Waals surface area (Å²) in [5.41, 5.74) is 0. The van der Waals surface area contributed by atoms with Gasteiger partial charge in [-0.15, -0.1) is 0 Å². The molecule has 0 saturated heterocycles. The standard InChI is InChI=1S/C50H88O15P2/c1-4-5-26-34-45(51)35-28-22-18-16-19-23-29-36-46(52)37-30-25-32-39-50(55)65-48(43-64-67(59,60)63-41-47(53)40-62-66(56,57)58)42-61-49(54)38-31-24-20-15-13-11-9-7-6-8-10-12-14-17-21-27-33-44(2)3/h5,18-19,22-23,26,28-30,35-37,44-48,51-53H,4,6-17,20-21,24-25,27,31-34,38-43H2,1-3H3,(H,59,60)(H2,56,57,58)/b22-18-,23-19-,26-5-,35-28+,36-29+,37-30-/t45-,46-,47-,48+/m0/s1. The summed E-state index contributed by atoms with van der Waals surface area (Å²) < 4.78 is 47.8. The van der Waals surface area contributed by atoms with Crippen LogP contribution in [0, 0.1) is 5.92 Å². The van der Waals surface area contributed by atoms with Crippen LogP contribution in [-0.4, -0.2) is 92.8 Å². The van der Waals surface area contributed by atoms with Crippen LogP contribution in [0.25, 0.3) is 0 Å². The number of phosphoric ester groups is 2. The first-order valence-corrected chi connectivity index (χ1v) is 27.7. The van der Waals surface area contributed by atoms with Gasteiger partial charge >= 0.3 is 27.6 Å². The number of unbranched alkanes of at least 4 members (excludes halogenated alkanes) is 16. The largest absolute Gasteiger partial charge is 0.472 e. The molecule has 0 rings (SSSR count). The van der Waals surface area contributed by atoms with E-state index in [1.54, 1.807) is 36.5 Å². The number of aliphatic hydroxyl groups is 3. The van der Waals surface area contributed by atoms with E-state index in [4.69, 9.17) is 23.8 Å². The summed E-state index contributed by atoms with van der Waals surface area (Å²) in [5, 5.41) is 29.8. The van der Waals surface area contributed by atoms with Gasteiger partial charge in [0, 0.05) is 12.8 Å². The maximum absolute atomic E-state index is 12.7. The van der Waals surface area contributed by atoms with Crippen LogP contribution in [0.2, 0.25) is 0 Å². The van der Waals surface area contributed by atoms with E-state index in [0.29, 0.717) is 32.1 Å². The zero-order valence-corrected chi connectivity index (χ0v) is 42.7. The number of allylic oxidation sites excluding steroid dienone is 8. The third-order valence-corrected chi connectivity index (χ3v) is 11.6. The van der Waals surface area contributed by atoms with Crippen LogP contribution in [0.3, 0.4) is 0 Å². The summed E-state index contributed by atoms with van der Waals surface area (Å²) in [4.78, 5) is 52.9. The Morgan fingerprint density at radius 2 is 1.07 bits per heavy atom. The van der Waals surface area contributed by atoms with E-state index in [-0.39, 0.29) is 12.8 Å². The lowest BCUT2D eigenvalue weighted by molar-refractivity contribution is -0.161. The Balaban J connectivity index is 4.66. The van der Waals surface area contributed by atoms with Crippen LogP contribution in [0.5, 0.6) is 0 Å². The SMILES string of the molecule is CC/C=C\C[C@H](O)/C=C/C=C\C/C=C\C=C\[C@H](O)/C=C\CCCC(=O)O[C@H](COC(=O)CCCCCCCCCCCCCCCCCCC(C)C)COP(=O)(O)OC[C@@H](O)COP(=O)(O)O. The number of hydrogen-bond acceptors (Lipinski definition) is 12. The normalized spacial score (nSPS) is 15.5. The molecule has 0 spiro atoms. The molecule has 0 aliphatic heterocycles. The minimum Gasteiger partial charge on any atom is -0.462 e. The molecule has 0 heterocycles. The molecule has 0 aliphatic rings. The lowest BCUT2D eigenvalue weighted by Crippen LogP contribution is -2.29. The molecule has 388 valence electrons. The molecule has 67 heavy (non-hydrogen) atoms. The highest BCUT2D eigenvalue weighted by Crippen LogP contribution is 2.44. The third kappa shape index (κ3) is 48.3. The molecule has 6 N–H and O–H groups in total. The summed E-state index contributed by atoms with van der Waals surface area (Å²) in [6.45, 7) is 3.70. The van der Waals surface area contributed by atoms with Crippen molar-refractivity contribution in [3.63, 3.8) is 0 Å². The molecule has 0 saturated carbocycles. The van der Waals surface area contributed by atoms with Crippen molar-refractivity contribution in [3.05, 3.63) is 72.9 Å². The van der Waals surface area contributed by atoms with Gasteiger partial charge in [0.2, 0.25) is 0 Å². The van der Waals surface area contributed by atoms with Crippen molar-refractivity contribution in [2.24, 2.45) is 5.92 Å². The van der Waals surface area contributed by atoms with E-state index >= 15 is 0 Å². The lowest BCUT2D eigenvalue weighted by Gasteiger charge is -2.20. The molecule has 15 nitrogen and oxygen atoms in total. The summed E-state index contributed by atoms with van der Waals surface area (Å²) in [5.74, 6) is -0.399.